The van der Waals surface area contributed by atoms with E-state index in [0.29, 0.717) is 19.0 Å². The second kappa shape index (κ2) is 10.7. The number of nitrogens with one attached hydrogen (secondary N) is 2. The molecule has 24 heavy (non-hydrogen) atoms. The Morgan fingerprint density at radius 2 is 1.75 bits per heavy atom. The van der Waals surface area contributed by atoms with Crippen LogP contribution in [0.4, 0.5) is 0 Å². The van der Waals surface area contributed by atoms with Crippen molar-refractivity contribution in [2.45, 2.75) is 13.1 Å². The van der Waals surface area contributed by atoms with Crippen molar-refractivity contribution in [3.05, 3.63) is 53.7 Å². The van der Waals surface area contributed by atoms with E-state index in [2.05, 4.69) is 20.6 Å². The Labute approximate surface area is 159 Å². The topological polar surface area (TPSA) is 67.8 Å². The third kappa shape index (κ3) is 6.23. The Morgan fingerprint density at radius 3 is 2.38 bits per heavy atom. The lowest BCUT2D eigenvalue weighted by Gasteiger charge is -2.12. The van der Waals surface area contributed by atoms with Crippen LogP contribution in [0.2, 0.25) is 0 Å². The standard InChI is InChI=1S/C17H22N4O2.HI/c1-18-17(20-11-13-5-4-6-15(9-13)22-2)21-12-14-7-8-19-16(10-14)23-3;/h4-10H,11-12H2,1-3H3,(H2,18,20,21);1H. The maximum Gasteiger partial charge on any atom is 0.213 e. The first-order valence-corrected chi connectivity index (χ1v) is 7.31. The Bertz CT molecular complexity index is 611. The molecule has 130 valence electrons. The minimum atomic E-state index is 0. The lowest BCUT2D eigenvalue weighted by atomic mass is 10.2. The van der Waals surface area contributed by atoms with E-state index in [4.69, 9.17) is 9.47 Å². The van der Waals surface area contributed by atoms with Crippen LogP contribution in [0.3, 0.4) is 0 Å². The maximum atomic E-state index is 5.22. The smallest absolute Gasteiger partial charge is 0.213 e. The number of pyridine rings is 1. The number of benzene rings is 1. The zero-order valence-corrected chi connectivity index (χ0v) is 16.4. The highest BCUT2D eigenvalue weighted by Gasteiger charge is 2.01. The summed E-state index contributed by atoms with van der Waals surface area (Å²) in [4.78, 5) is 8.31. The van der Waals surface area contributed by atoms with Crippen molar-refractivity contribution in [3.63, 3.8) is 0 Å². The van der Waals surface area contributed by atoms with Crippen molar-refractivity contribution in [1.29, 1.82) is 0 Å². The van der Waals surface area contributed by atoms with Gasteiger partial charge in [-0.25, -0.2) is 4.98 Å². The SMILES string of the molecule is CN=C(NCc1cccc(OC)c1)NCc1ccnc(OC)c1.I. The molecule has 2 N–H and O–H groups in total. The van der Waals surface area contributed by atoms with E-state index in [0.717, 1.165) is 22.8 Å². The molecule has 0 bridgehead atoms. The summed E-state index contributed by atoms with van der Waals surface area (Å²) in [6.07, 6.45) is 1.72. The summed E-state index contributed by atoms with van der Waals surface area (Å²) in [5.41, 5.74) is 2.19. The molecule has 6 nitrogen and oxygen atoms in total. The molecule has 2 rings (SSSR count). The minimum absolute atomic E-state index is 0. The van der Waals surface area contributed by atoms with E-state index >= 15 is 0 Å². The molecule has 7 heteroatoms. The van der Waals surface area contributed by atoms with Crippen molar-refractivity contribution >= 4 is 29.9 Å². The van der Waals surface area contributed by atoms with Crippen LogP contribution in [0.25, 0.3) is 0 Å². The summed E-state index contributed by atoms with van der Waals surface area (Å²) in [6, 6.07) is 11.8. The first-order valence-electron chi connectivity index (χ1n) is 7.31. The van der Waals surface area contributed by atoms with Crippen LogP contribution >= 0.6 is 24.0 Å². The van der Waals surface area contributed by atoms with E-state index in [1.807, 2.05) is 36.4 Å². The predicted molar refractivity (Wildman–Crippen MR) is 106 cm³/mol. The van der Waals surface area contributed by atoms with E-state index in [9.17, 15) is 0 Å². The Balaban J connectivity index is 0.00000288. The van der Waals surface area contributed by atoms with Crippen LogP contribution < -0.4 is 20.1 Å². The molecule has 1 aromatic carbocycles. The molecule has 1 aromatic heterocycles. The largest absolute Gasteiger partial charge is 0.497 e. The predicted octanol–water partition coefficient (Wildman–Crippen LogP) is 2.58. The summed E-state index contributed by atoms with van der Waals surface area (Å²) < 4.78 is 10.3. The number of methoxy groups -OCH3 is 2. The molecule has 1 heterocycles. The van der Waals surface area contributed by atoms with Crippen LogP contribution in [-0.4, -0.2) is 32.2 Å². The van der Waals surface area contributed by atoms with Gasteiger partial charge in [-0.3, -0.25) is 4.99 Å². The van der Waals surface area contributed by atoms with Gasteiger partial charge in [0.1, 0.15) is 5.75 Å². The molecule has 0 aliphatic rings. The Kier molecular flexibility index (Phi) is 8.92. The Hall–Kier alpha value is -2.03. The molecule has 0 unspecified atom stereocenters. The number of guanidine groups is 1. The zero-order valence-electron chi connectivity index (χ0n) is 14.1. The summed E-state index contributed by atoms with van der Waals surface area (Å²) in [7, 11) is 5.01. The summed E-state index contributed by atoms with van der Waals surface area (Å²) in [6.45, 7) is 1.30. The number of hydrogen-bond donors (Lipinski definition) is 2. The average Bonchev–Trinajstić information content (AvgIpc) is 2.62. The zero-order chi connectivity index (χ0) is 16.5. The fourth-order valence-electron chi connectivity index (χ4n) is 2.05. The lowest BCUT2D eigenvalue weighted by molar-refractivity contribution is 0.397. The van der Waals surface area contributed by atoms with Gasteiger partial charge in [0.25, 0.3) is 0 Å². The lowest BCUT2D eigenvalue weighted by Crippen LogP contribution is -2.36. The van der Waals surface area contributed by atoms with E-state index in [-0.39, 0.29) is 24.0 Å². The fourth-order valence-corrected chi connectivity index (χ4v) is 2.05. The molecule has 0 saturated heterocycles. The third-order valence-corrected chi connectivity index (χ3v) is 3.29. The summed E-state index contributed by atoms with van der Waals surface area (Å²) >= 11 is 0. The molecule has 0 aliphatic heterocycles. The molecule has 0 fully saturated rings. The molecular formula is C17H23IN4O2. The number of ether oxygens (including phenoxy) is 2. The third-order valence-electron chi connectivity index (χ3n) is 3.29. The van der Waals surface area contributed by atoms with E-state index in [1.54, 1.807) is 27.5 Å². The number of nitrogens with zero attached hydrogens (tertiary/aromatic N) is 2. The van der Waals surface area contributed by atoms with Crippen molar-refractivity contribution in [2.75, 3.05) is 21.3 Å². The number of aromatic nitrogens is 1. The maximum absolute atomic E-state index is 5.22. The van der Waals surface area contributed by atoms with Crippen LogP contribution in [-0.2, 0) is 13.1 Å². The number of aliphatic imine (C=N–C) groups is 1. The molecule has 0 saturated carbocycles. The van der Waals surface area contributed by atoms with E-state index < -0.39 is 0 Å². The van der Waals surface area contributed by atoms with Crippen molar-refractivity contribution in [2.24, 2.45) is 4.99 Å². The van der Waals surface area contributed by atoms with Gasteiger partial charge in [0, 0.05) is 32.4 Å². The van der Waals surface area contributed by atoms with Gasteiger partial charge in [-0.2, -0.15) is 0 Å². The van der Waals surface area contributed by atoms with Gasteiger partial charge in [0.15, 0.2) is 5.96 Å². The summed E-state index contributed by atoms with van der Waals surface area (Å²) in [5.74, 6) is 2.17. The van der Waals surface area contributed by atoms with Crippen molar-refractivity contribution in [1.82, 2.24) is 15.6 Å². The Morgan fingerprint density at radius 1 is 1.04 bits per heavy atom. The monoisotopic (exact) mass is 442 g/mol. The van der Waals surface area contributed by atoms with Gasteiger partial charge < -0.3 is 20.1 Å². The molecule has 0 radical (unpaired) electrons. The van der Waals surface area contributed by atoms with Gasteiger partial charge in [-0.1, -0.05) is 12.1 Å². The van der Waals surface area contributed by atoms with Crippen molar-refractivity contribution in [3.8, 4) is 11.6 Å². The summed E-state index contributed by atoms with van der Waals surface area (Å²) in [5, 5.41) is 6.53. The van der Waals surface area contributed by atoms with Crippen LogP contribution in [0.15, 0.2) is 47.6 Å². The minimum Gasteiger partial charge on any atom is -0.497 e. The normalized spacial score (nSPS) is 10.5. The highest BCUT2D eigenvalue weighted by molar-refractivity contribution is 14.0. The quantitative estimate of drug-likeness (QED) is 0.409. The second-order valence-corrected chi connectivity index (χ2v) is 4.84. The molecule has 0 amide bonds. The molecule has 0 spiro atoms. The fraction of sp³-hybridized carbons (Fsp3) is 0.294. The number of rotatable bonds is 6. The van der Waals surface area contributed by atoms with Crippen molar-refractivity contribution < 1.29 is 9.47 Å². The number of halogens is 1. The highest BCUT2D eigenvalue weighted by Crippen LogP contribution is 2.12. The van der Waals surface area contributed by atoms with Gasteiger partial charge >= 0.3 is 0 Å². The average molecular weight is 442 g/mol. The van der Waals surface area contributed by atoms with Gasteiger partial charge in [-0.15, -0.1) is 24.0 Å². The van der Waals surface area contributed by atoms with Crippen LogP contribution in [0, 0.1) is 0 Å². The second-order valence-electron chi connectivity index (χ2n) is 4.84. The van der Waals surface area contributed by atoms with Gasteiger partial charge in [0.2, 0.25) is 5.88 Å². The molecule has 2 aromatic rings. The first kappa shape index (κ1) is 20.0. The number of hydrogen-bond acceptors (Lipinski definition) is 4. The van der Waals surface area contributed by atoms with Crippen LogP contribution in [0.1, 0.15) is 11.1 Å². The van der Waals surface area contributed by atoms with Gasteiger partial charge in [-0.05, 0) is 29.3 Å². The highest BCUT2D eigenvalue weighted by atomic mass is 127. The first-order chi connectivity index (χ1) is 11.2. The van der Waals surface area contributed by atoms with Crippen LogP contribution in [0.5, 0.6) is 11.6 Å². The molecule has 0 atom stereocenters. The van der Waals surface area contributed by atoms with Gasteiger partial charge in [0.05, 0.1) is 14.2 Å². The molecular weight excluding hydrogens is 419 g/mol. The molecule has 0 aliphatic carbocycles. The van der Waals surface area contributed by atoms with E-state index in [1.165, 1.54) is 0 Å².